The molecule has 0 aliphatic carbocycles. The highest BCUT2D eigenvalue weighted by atomic mass is 16.5. The Kier molecular flexibility index (Phi) is 4.73. The predicted molar refractivity (Wildman–Crippen MR) is 77.5 cm³/mol. The first-order valence-electron chi connectivity index (χ1n) is 7.20. The fourth-order valence-electron chi connectivity index (χ4n) is 2.55. The van der Waals surface area contributed by atoms with E-state index in [1.807, 2.05) is 19.9 Å². The summed E-state index contributed by atoms with van der Waals surface area (Å²) in [6.45, 7) is 5.99. The van der Waals surface area contributed by atoms with Gasteiger partial charge in [-0.05, 0) is 32.9 Å². The molecule has 21 heavy (non-hydrogen) atoms. The van der Waals surface area contributed by atoms with Gasteiger partial charge in [-0.15, -0.1) is 0 Å². The van der Waals surface area contributed by atoms with E-state index in [9.17, 15) is 9.90 Å². The third-order valence-corrected chi connectivity index (χ3v) is 3.69. The van der Waals surface area contributed by atoms with Crippen molar-refractivity contribution in [2.45, 2.75) is 39.4 Å². The molecule has 5 nitrogen and oxygen atoms in total. The summed E-state index contributed by atoms with van der Waals surface area (Å²) in [5, 5.41) is 10.5. The Labute approximate surface area is 124 Å². The molecule has 0 spiro atoms. The number of ether oxygens (including phenoxy) is 3. The third-order valence-electron chi connectivity index (χ3n) is 3.69. The number of aliphatic hydroxyl groups excluding tert-OH is 1. The monoisotopic (exact) mass is 294 g/mol. The summed E-state index contributed by atoms with van der Waals surface area (Å²) in [5.41, 5.74) is 1.62. The highest BCUT2D eigenvalue weighted by Gasteiger charge is 2.30. The molecule has 1 aliphatic heterocycles. The molecule has 0 saturated carbocycles. The van der Waals surface area contributed by atoms with Crippen LogP contribution in [-0.2, 0) is 16.0 Å². The molecule has 0 aromatic heterocycles. The number of aliphatic hydroxyl groups is 1. The molecule has 116 valence electrons. The fraction of sp³-hybridized carbons (Fsp3) is 0.562. The van der Waals surface area contributed by atoms with Gasteiger partial charge in [0, 0.05) is 17.5 Å². The average molecular weight is 294 g/mol. The van der Waals surface area contributed by atoms with Crippen molar-refractivity contribution >= 4 is 5.97 Å². The molecule has 5 heteroatoms. The van der Waals surface area contributed by atoms with Crippen molar-refractivity contribution in [2.75, 3.05) is 13.7 Å². The van der Waals surface area contributed by atoms with Crippen LogP contribution >= 0.6 is 0 Å². The average Bonchev–Trinajstić information content (AvgIpc) is 2.83. The van der Waals surface area contributed by atoms with Crippen LogP contribution in [0.25, 0.3) is 0 Å². The summed E-state index contributed by atoms with van der Waals surface area (Å²) in [6, 6.07) is 3.67. The molecule has 0 saturated heterocycles. The maximum Gasteiger partial charge on any atom is 0.311 e. The number of esters is 1. The Morgan fingerprint density at radius 2 is 2.24 bits per heavy atom. The molecule has 0 amide bonds. The smallest absolute Gasteiger partial charge is 0.311 e. The quantitative estimate of drug-likeness (QED) is 0.844. The van der Waals surface area contributed by atoms with Crippen molar-refractivity contribution < 1.29 is 24.1 Å². The predicted octanol–water partition coefficient (Wildman–Crippen LogP) is 2.25. The summed E-state index contributed by atoms with van der Waals surface area (Å²) in [5.74, 6) is 0.208. The van der Waals surface area contributed by atoms with Crippen LogP contribution in [0, 0.1) is 5.92 Å². The second kappa shape index (κ2) is 6.35. The Morgan fingerprint density at radius 3 is 2.86 bits per heavy atom. The number of rotatable bonds is 5. The number of hydrogen-bond acceptors (Lipinski definition) is 5. The minimum Gasteiger partial charge on any atom is -0.493 e. The van der Waals surface area contributed by atoms with Gasteiger partial charge in [-0.2, -0.15) is 0 Å². The van der Waals surface area contributed by atoms with Gasteiger partial charge in [0.2, 0.25) is 0 Å². The Bertz CT molecular complexity index is 526. The van der Waals surface area contributed by atoms with Crippen molar-refractivity contribution in [1.29, 1.82) is 0 Å². The van der Waals surface area contributed by atoms with E-state index < -0.39 is 18.0 Å². The highest BCUT2D eigenvalue weighted by molar-refractivity contribution is 5.73. The molecule has 1 aromatic rings. The SMILES string of the molecule is CCOc1cc2c(cc1C(O)C(C)C(=O)OC)OC(C)C2. The number of benzene rings is 1. The van der Waals surface area contributed by atoms with Crippen molar-refractivity contribution in [2.24, 2.45) is 5.92 Å². The summed E-state index contributed by atoms with van der Waals surface area (Å²) in [7, 11) is 1.31. The van der Waals surface area contributed by atoms with E-state index >= 15 is 0 Å². The van der Waals surface area contributed by atoms with E-state index in [1.165, 1.54) is 7.11 Å². The minimum atomic E-state index is -0.996. The van der Waals surface area contributed by atoms with E-state index in [-0.39, 0.29) is 6.10 Å². The van der Waals surface area contributed by atoms with Gasteiger partial charge in [-0.1, -0.05) is 0 Å². The summed E-state index contributed by atoms with van der Waals surface area (Å²) < 4.78 is 16.0. The molecule has 0 radical (unpaired) electrons. The Morgan fingerprint density at radius 1 is 1.52 bits per heavy atom. The van der Waals surface area contributed by atoms with Gasteiger partial charge in [-0.3, -0.25) is 4.79 Å². The largest absolute Gasteiger partial charge is 0.493 e. The van der Waals surface area contributed by atoms with Gasteiger partial charge in [0.25, 0.3) is 0 Å². The van der Waals surface area contributed by atoms with Crippen LogP contribution in [0.3, 0.4) is 0 Å². The highest BCUT2D eigenvalue weighted by Crippen LogP contribution is 2.39. The zero-order chi connectivity index (χ0) is 15.6. The lowest BCUT2D eigenvalue weighted by Crippen LogP contribution is -2.21. The molecule has 1 aromatic carbocycles. The van der Waals surface area contributed by atoms with Gasteiger partial charge in [0.05, 0.1) is 25.7 Å². The van der Waals surface area contributed by atoms with Crippen LogP contribution in [-0.4, -0.2) is 30.9 Å². The van der Waals surface area contributed by atoms with E-state index in [2.05, 4.69) is 0 Å². The first kappa shape index (κ1) is 15.6. The summed E-state index contributed by atoms with van der Waals surface area (Å²) in [4.78, 5) is 11.6. The van der Waals surface area contributed by atoms with Crippen LogP contribution in [0.4, 0.5) is 0 Å². The van der Waals surface area contributed by atoms with E-state index in [1.54, 1.807) is 13.0 Å². The number of fused-ring (bicyclic) bond motifs is 1. The molecule has 3 atom stereocenters. The van der Waals surface area contributed by atoms with Crippen LogP contribution in [0.2, 0.25) is 0 Å². The Hall–Kier alpha value is -1.75. The lowest BCUT2D eigenvalue weighted by atomic mass is 9.95. The third kappa shape index (κ3) is 3.13. The number of carbonyl (C=O) groups is 1. The fourth-order valence-corrected chi connectivity index (χ4v) is 2.55. The van der Waals surface area contributed by atoms with Gasteiger partial charge >= 0.3 is 5.97 Å². The standard InChI is InChI=1S/C16H22O5/c1-5-20-14-7-11-6-9(2)21-13(11)8-12(14)15(17)10(3)16(18)19-4/h7-10,15,17H,5-6H2,1-4H3. The van der Waals surface area contributed by atoms with Crippen molar-refractivity contribution in [3.05, 3.63) is 23.3 Å². The summed E-state index contributed by atoms with van der Waals surface area (Å²) in [6.07, 6.45) is -0.0677. The molecule has 1 heterocycles. The molecule has 2 rings (SSSR count). The second-order valence-electron chi connectivity index (χ2n) is 5.32. The molecule has 0 bridgehead atoms. The van der Waals surface area contributed by atoms with Gasteiger partial charge in [-0.25, -0.2) is 0 Å². The van der Waals surface area contributed by atoms with Gasteiger partial charge in [0.15, 0.2) is 0 Å². The first-order chi connectivity index (χ1) is 9.97. The van der Waals surface area contributed by atoms with Crippen molar-refractivity contribution in [1.82, 2.24) is 0 Å². The number of methoxy groups -OCH3 is 1. The lowest BCUT2D eigenvalue weighted by Gasteiger charge is -2.20. The zero-order valence-corrected chi connectivity index (χ0v) is 12.9. The van der Waals surface area contributed by atoms with E-state index in [4.69, 9.17) is 14.2 Å². The van der Waals surface area contributed by atoms with Gasteiger partial charge < -0.3 is 19.3 Å². The molecular formula is C16H22O5. The number of carbonyl (C=O) groups excluding carboxylic acids is 1. The minimum absolute atomic E-state index is 0.111. The summed E-state index contributed by atoms with van der Waals surface area (Å²) >= 11 is 0. The molecule has 0 fully saturated rings. The molecule has 1 aliphatic rings. The molecular weight excluding hydrogens is 272 g/mol. The van der Waals surface area contributed by atoms with Crippen molar-refractivity contribution in [3.8, 4) is 11.5 Å². The maximum absolute atomic E-state index is 11.6. The molecule has 3 unspecified atom stereocenters. The van der Waals surface area contributed by atoms with E-state index in [0.717, 1.165) is 17.7 Å². The van der Waals surface area contributed by atoms with Crippen LogP contribution in [0.5, 0.6) is 11.5 Å². The van der Waals surface area contributed by atoms with Crippen LogP contribution in [0.1, 0.15) is 38.0 Å². The topological polar surface area (TPSA) is 65.0 Å². The number of hydrogen-bond donors (Lipinski definition) is 1. The van der Waals surface area contributed by atoms with E-state index in [0.29, 0.717) is 17.9 Å². The Balaban J connectivity index is 2.37. The van der Waals surface area contributed by atoms with Crippen LogP contribution < -0.4 is 9.47 Å². The lowest BCUT2D eigenvalue weighted by molar-refractivity contribution is -0.148. The first-order valence-corrected chi connectivity index (χ1v) is 7.20. The molecule has 1 N–H and O–H groups in total. The van der Waals surface area contributed by atoms with Crippen molar-refractivity contribution in [3.63, 3.8) is 0 Å². The second-order valence-corrected chi connectivity index (χ2v) is 5.32. The zero-order valence-electron chi connectivity index (χ0n) is 12.9. The van der Waals surface area contributed by atoms with Crippen LogP contribution in [0.15, 0.2) is 12.1 Å². The van der Waals surface area contributed by atoms with Gasteiger partial charge in [0.1, 0.15) is 17.6 Å². The normalized spacial score (nSPS) is 19.4. The maximum atomic E-state index is 11.6.